The van der Waals surface area contributed by atoms with Gasteiger partial charge < -0.3 is 20.1 Å². The standard InChI is InChI=1S/C26H26FN3O4/c27-20-6-10-22(11-7-20)34-21-8-4-18(5-9-21)23-16-19(26(32)33)17-24(29-23)25(31)28-12-15-30-13-2-1-3-14-30/h4-11,16-17H,1-3,12-15H2,(H,28,31)(H,32,33). The van der Waals surface area contributed by atoms with Crippen LogP contribution in [0.4, 0.5) is 4.39 Å². The second-order valence-corrected chi connectivity index (χ2v) is 8.17. The van der Waals surface area contributed by atoms with Gasteiger partial charge in [0.25, 0.3) is 5.91 Å². The van der Waals surface area contributed by atoms with Crippen molar-refractivity contribution in [2.24, 2.45) is 0 Å². The maximum absolute atomic E-state index is 13.1. The Balaban J connectivity index is 1.47. The van der Waals surface area contributed by atoms with Crippen molar-refractivity contribution in [3.8, 4) is 22.8 Å². The number of rotatable bonds is 8. The van der Waals surface area contributed by atoms with Crippen LogP contribution in [0.1, 0.15) is 40.1 Å². The Kier molecular flexibility index (Phi) is 7.49. The SMILES string of the molecule is O=C(O)c1cc(C(=O)NCCN2CCCCC2)nc(-c2ccc(Oc3ccc(F)cc3)cc2)c1. The Labute approximate surface area is 197 Å². The number of carbonyl (C=O) groups excluding carboxylic acids is 1. The van der Waals surface area contributed by atoms with Gasteiger partial charge in [0.2, 0.25) is 0 Å². The Morgan fingerprint density at radius 3 is 2.26 bits per heavy atom. The summed E-state index contributed by atoms with van der Waals surface area (Å²) in [5, 5.41) is 12.4. The van der Waals surface area contributed by atoms with E-state index in [0.29, 0.717) is 29.3 Å². The molecule has 1 saturated heterocycles. The molecule has 1 amide bonds. The minimum atomic E-state index is -1.14. The zero-order chi connectivity index (χ0) is 23.9. The molecule has 2 N–H and O–H groups in total. The van der Waals surface area contributed by atoms with E-state index in [4.69, 9.17) is 4.74 Å². The van der Waals surface area contributed by atoms with Crippen LogP contribution in [0.15, 0.2) is 60.7 Å². The summed E-state index contributed by atoms with van der Waals surface area (Å²) in [5.74, 6) is -0.873. The largest absolute Gasteiger partial charge is 0.478 e. The number of ether oxygens (including phenoxy) is 1. The van der Waals surface area contributed by atoms with Crippen LogP contribution in [0, 0.1) is 5.82 Å². The third kappa shape index (κ3) is 6.17. The third-order valence-corrected chi connectivity index (χ3v) is 5.67. The molecule has 1 fully saturated rings. The van der Waals surface area contributed by atoms with Gasteiger partial charge in [-0.05, 0) is 86.6 Å². The second kappa shape index (κ2) is 10.9. The van der Waals surface area contributed by atoms with Crippen molar-refractivity contribution >= 4 is 11.9 Å². The number of benzene rings is 2. The molecule has 0 aliphatic carbocycles. The molecular weight excluding hydrogens is 437 g/mol. The van der Waals surface area contributed by atoms with Crippen LogP contribution in [0.2, 0.25) is 0 Å². The van der Waals surface area contributed by atoms with Gasteiger partial charge in [0.15, 0.2) is 0 Å². The van der Waals surface area contributed by atoms with Gasteiger partial charge in [-0.3, -0.25) is 4.79 Å². The fourth-order valence-electron chi connectivity index (χ4n) is 3.85. The molecule has 8 heteroatoms. The number of amides is 1. The fraction of sp³-hybridized carbons (Fsp3) is 0.269. The normalized spacial score (nSPS) is 13.9. The van der Waals surface area contributed by atoms with Crippen LogP contribution in [0.5, 0.6) is 11.5 Å². The summed E-state index contributed by atoms with van der Waals surface area (Å²) in [7, 11) is 0. The van der Waals surface area contributed by atoms with Gasteiger partial charge in [-0.1, -0.05) is 6.42 Å². The number of hydrogen-bond donors (Lipinski definition) is 2. The molecule has 1 aliphatic heterocycles. The zero-order valence-electron chi connectivity index (χ0n) is 18.7. The molecule has 176 valence electrons. The number of pyridine rings is 1. The minimum absolute atomic E-state index is 0.0159. The number of halogens is 1. The number of aromatic carboxylic acids is 1. The van der Waals surface area contributed by atoms with E-state index in [1.807, 2.05) is 0 Å². The zero-order valence-corrected chi connectivity index (χ0v) is 18.7. The van der Waals surface area contributed by atoms with E-state index in [9.17, 15) is 19.1 Å². The molecular formula is C26H26FN3O4. The highest BCUT2D eigenvalue weighted by atomic mass is 19.1. The monoisotopic (exact) mass is 463 g/mol. The van der Waals surface area contributed by atoms with Gasteiger partial charge in [-0.25, -0.2) is 14.2 Å². The Morgan fingerprint density at radius 2 is 1.62 bits per heavy atom. The van der Waals surface area contributed by atoms with Crippen molar-refractivity contribution in [3.05, 3.63) is 77.7 Å². The first kappa shape index (κ1) is 23.4. The molecule has 3 aromatic rings. The number of likely N-dealkylation sites (tertiary alicyclic amines) is 1. The number of hydrogen-bond acceptors (Lipinski definition) is 5. The smallest absolute Gasteiger partial charge is 0.335 e. The van der Waals surface area contributed by atoms with E-state index in [1.54, 1.807) is 24.3 Å². The van der Waals surface area contributed by atoms with Crippen molar-refractivity contribution in [2.45, 2.75) is 19.3 Å². The summed E-state index contributed by atoms with van der Waals surface area (Å²) >= 11 is 0. The van der Waals surface area contributed by atoms with E-state index in [1.165, 1.54) is 55.7 Å². The van der Waals surface area contributed by atoms with Crippen molar-refractivity contribution < 1.29 is 23.8 Å². The number of nitrogens with zero attached hydrogens (tertiary/aromatic N) is 2. The van der Waals surface area contributed by atoms with E-state index in [2.05, 4.69) is 15.2 Å². The van der Waals surface area contributed by atoms with Gasteiger partial charge in [0.05, 0.1) is 11.3 Å². The predicted octanol–water partition coefficient (Wildman–Crippen LogP) is 4.59. The topological polar surface area (TPSA) is 91.8 Å². The number of aromatic nitrogens is 1. The van der Waals surface area contributed by atoms with Gasteiger partial charge in [0, 0.05) is 18.7 Å². The maximum atomic E-state index is 13.1. The summed E-state index contributed by atoms with van der Waals surface area (Å²) < 4.78 is 18.8. The van der Waals surface area contributed by atoms with Gasteiger partial charge in [0.1, 0.15) is 23.0 Å². The lowest BCUT2D eigenvalue weighted by molar-refractivity contribution is 0.0696. The van der Waals surface area contributed by atoms with Crippen LogP contribution < -0.4 is 10.1 Å². The van der Waals surface area contributed by atoms with Crippen molar-refractivity contribution in [1.82, 2.24) is 15.2 Å². The first-order valence-corrected chi connectivity index (χ1v) is 11.3. The number of nitrogens with one attached hydrogen (secondary N) is 1. The Hall–Kier alpha value is -3.78. The van der Waals surface area contributed by atoms with Gasteiger partial charge in [-0.15, -0.1) is 0 Å². The van der Waals surface area contributed by atoms with Crippen molar-refractivity contribution in [1.29, 1.82) is 0 Å². The lowest BCUT2D eigenvalue weighted by Crippen LogP contribution is -2.37. The second-order valence-electron chi connectivity index (χ2n) is 8.17. The molecule has 34 heavy (non-hydrogen) atoms. The third-order valence-electron chi connectivity index (χ3n) is 5.67. The molecule has 7 nitrogen and oxygen atoms in total. The Morgan fingerprint density at radius 1 is 0.971 bits per heavy atom. The number of piperidine rings is 1. The van der Waals surface area contributed by atoms with Gasteiger partial charge in [-0.2, -0.15) is 0 Å². The summed E-state index contributed by atoms with van der Waals surface area (Å²) in [6.45, 7) is 3.30. The molecule has 0 unspecified atom stereocenters. The molecule has 2 heterocycles. The molecule has 2 aromatic carbocycles. The molecule has 0 saturated carbocycles. The number of carboxylic acid groups (broad SMARTS) is 1. The highest BCUT2D eigenvalue weighted by Crippen LogP contribution is 2.26. The highest BCUT2D eigenvalue weighted by Gasteiger charge is 2.16. The first-order valence-electron chi connectivity index (χ1n) is 11.3. The summed E-state index contributed by atoms with van der Waals surface area (Å²) in [5.41, 5.74) is 1.05. The lowest BCUT2D eigenvalue weighted by Gasteiger charge is -2.26. The van der Waals surface area contributed by atoms with Crippen LogP contribution >= 0.6 is 0 Å². The summed E-state index contributed by atoms with van der Waals surface area (Å²) in [6.07, 6.45) is 3.59. The van der Waals surface area contributed by atoms with E-state index in [0.717, 1.165) is 19.6 Å². The summed E-state index contributed by atoms with van der Waals surface area (Å²) in [4.78, 5) is 31.1. The molecule has 0 spiro atoms. The number of carboxylic acids is 1. The quantitative estimate of drug-likeness (QED) is 0.508. The average molecular weight is 464 g/mol. The van der Waals surface area contributed by atoms with Crippen LogP contribution in [0.3, 0.4) is 0 Å². The number of carbonyl (C=O) groups is 2. The molecule has 0 atom stereocenters. The van der Waals surface area contributed by atoms with E-state index >= 15 is 0 Å². The average Bonchev–Trinajstić information content (AvgIpc) is 2.86. The van der Waals surface area contributed by atoms with Crippen LogP contribution in [-0.2, 0) is 0 Å². The molecule has 0 radical (unpaired) electrons. The van der Waals surface area contributed by atoms with Crippen molar-refractivity contribution in [2.75, 3.05) is 26.2 Å². The van der Waals surface area contributed by atoms with Crippen LogP contribution in [-0.4, -0.2) is 53.0 Å². The van der Waals surface area contributed by atoms with E-state index in [-0.39, 0.29) is 17.1 Å². The maximum Gasteiger partial charge on any atom is 0.335 e. The highest BCUT2D eigenvalue weighted by molar-refractivity contribution is 5.97. The van der Waals surface area contributed by atoms with Crippen LogP contribution in [0.25, 0.3) is 11.3 Å². The molecule has 1 aromatic heterocycles. The van der Waals surface area contributed by atoms with Crippen molar-refractivity contribution in [3.63, 3.8) is 0 Å². The fourth-order valence-corrected chi connectivity index (χ4v) is 3.85. The first-order chi connectivity index (χ1) is 16.5. The Bertz CT molecular complexity index is 1140. The summed E-state index contributed by atoms with van der Waals surface area (Å²) in [6, 6.07) is 15.2. The predicted molar refractivity (Wildman–Crippen MR) is 126 cm³/mol. The lowest BCUT2D eigenvalue weighted by atomic mass is 10.1. The van der Waals surface area contributed by atoms with E-state index < -0.39 is 11.9 Å². The molecule has 1 aliphatic rings. The minimum Gasteiger partial charge on any atom is -0.478 e. The molecule has 0 bridgehead atoms. The molecule has 4 rings (SSSR count). The van der Waals surface area contributed by atoms with Gasteiger partial charge >= 0.3 is 5.97 Å².